The van der Waals surface area contributed by atoms with E-state index < -0.39 is 17.4 Å². The third kappa shape index (κ3) is 5.05. The van der Waals surface area contributed by atoms with Gasteiger partial charge in [-0.05, 0) is 29.2 Å². The molecule has 0 bridgehead atoms. The lowest BCUT2D eigenvalue weighted by atomic mass is 9.86. The van der Waals surface area contributed by atoms with Crippen molar-refractivity contribution in [2.75, 3.05) is 0 Å². The normalized spacial score (nSPS) is 13.2. The van der Waals surface area contributed by atoms with Gasteiger partial charge >= 0.3 is 0 Å². The quantitative estimate of drug-likeness (QED) is 0.837. The molecule has 0 aromatic heterocycles. The van der Waals surface area contributed by atoms with Crippen molar-refractivity contribution in [1.29, 1.82) is 0 Å². The van der Waals surface area contributed by atoms with Gasteiger partial charge in [-0.3, -0.25) is 9.59 Å². The van der Waals surface area contributed by atoms with Gasteiger partial charge in [0.15, 0.2) is 0 Å². The zero-order chi connectivity index (χ0) is 15.3. The molecule has 20 heavy (non-hydrogen) atoms. The Morgan fingerprint density at radius 3 is 2.50 bits per heavy atom. The van der Waals surface area contributed by atoms with Crippen molar-refractivity contribution in [2.45, 2.75) is 26.8 Å². The van der Waals surface area contributed by atoms with Crippen molar-refractivity contribution < 1.29 is 9.59 Å². The van der Waals surface area contributed by atoms with E-state index in [9.17, 15) is 9.59 Å². The first-order valence-electron chi connectivity index (χ1n) is 6.23. The molecule has 1 aromatic carbocycles. The van der Waals surface area contributed by atoms with Crippen LogP contribution in [-0.4, -0.2) is 17.9 Å². The molecular formula is C15H19ClN2O2. The number of hydrogen-bond acceptors (Lipinski definition) is 2. The predicted octanol–water partition coefficient (Wildman–Crippen LogP) is 2.37. The molecule has 0 saturated heterocycles. The zero-order valence-corrected chi connectivity index (χ0v) is 12.6. The minimum absolute atomic E-state index is 0.372. The maximum Gasteiger partial charge on any atom is 0.244 e. The number of hydrogen-bond donors (Lipinski definition) is 2. The Hall–Kier alpha value is -1.81. The van der Waals surface area contributed by atoms with Crippen LogP contribution in [0.15, 0.2) is 30.3 Å². The first kappa shape index (κ1) is 16.2. The summed E-state index contributed by atoms with van der Waals surface area (Å²) in [5, 5.41) is 3.20. The van der Waals surface area contributed by atoms with Gasteiger partial charge in [0.2, 0.25) is 11.8 Å². The summed E-state index contributed by atoms with van der Waals surface area (Å²) in [6.45, 7) is 5.51. The van der Waals surface area contributed by atoms with E-state index in [1.165, 1.54) is 6.08 Å². The van der Waals surface area contributed by atoms with E-state index in [1.807, 2.05) is 26.8 Å². The predicted molar refractivity (Wildman–Crippen MR) is 81.1 cm³/mol. The van der Waals surface area contributed by atoms with Crippen LogP contribution >= 0.6 is 11.6 Å². The molecule has 4 nitrogen and oxygen atoms in total. The molecule has 0 aliphatic heterocycles. The molecule has 1 rings (SSSR count). The fourth-order valence-electron chi connectivity index (χ4n) is 1.69. The van der Waals surface area contributed by atoms with E-state index in [0.29, 0.717) is 5.02 Å². The Balaban J connectivity index is 2.74. The van der Waals surface area contributed by atoms with Gasteiger partial charge in [0.05, 0.1) is 0 Å². The monoisotopic (exact) mass is 294 g/mol. The smallest absolute Gasteiger partial charge is 0.244 e. The molecule has 0 fully saturated rings. The van der Waals surface area contributed by atoms with Crippen LogP contribution in [0.5, 0.6) is 0 Å². The highest BCUT2D eigenvalue weighted by atomic mass is 35.5. The molecule has 1 atom stereocenters. The average molecular weight is 295 g/mol. The fraction of sp³-hybridized carbons (Fsp3) is 0.333. The maximum atomic E-state index is 11.8. The van der Waals surface area contributed by atoms with Gasteiger partial charge in [0, 0.05) is 11.1 Å². The standard InChI is InChI=1S/C15H19ClN2O2/c1-15(2,3)13(14(17)20)18-12(19)8-7-10-5-4-6-11(16)9-10/h4-9,13H,1-3H3,(H2,17,20)(H,18,19)/b8-7+. The summed E-state index contributed by atoms with van der Waals surface area (Å²) in [4.78, 5) is 23.2. The van der Waals surface area contributed by atoms with Gasteiger partial charge in [-0.2, -0.15) is 0 Å². The molecule has 0 aliphatic rings. The van der Waals surface area contributed by atoms with Crippen LogP contribution in [0, 0.1) is 5.41 Å². The number of halogens is 1. The lowest BCUT2D eigenvalue weighted by molar-refractivity contribution is -0.127. The Labute approximate surface area is 124 Å². The number of nitrogens with one attached hydrogen (secondary N) is 1. The van der Waals surface area contributed by atoms with Crippen LogP contribution in [0.1, 0.15) is 26.3 Å². The first-order chi connectivity index (χ1) is 9.20. The van der Waals surface area contributed by atoms with E-state index >= 15 is 0 Å². The van der Waals surface area contributed by atoms with Crippen LogP contribution < -0.4 is 11.1 Å². The molecule has 3 N–H and O–H groups in total. The highest BCUT2D eigenvalue weighted by molar-refractivity contribution is 6.30. The van der Waals surface area contributed by atoms with Crippen molar-refractivity contribution in [2.24, 2.45) is 11.1 Å². The maximum absolute atomic E-state index is 11.8. The average Bonchev–Trinajstić information content (AvgIpc) is 2.31. The van der Waals surface area contributed by atoms with E-state index in [1.54, 1.807) is 24.3 Å². The van der Waals surface area contributed by atoms with Gasteiger partial charge in [0.25, 0.3) is 0 Å². The lowest BCUT2D eigenvalue weighted by Crippen LogP contribution is -2.51. The van der Waals surface area contributed by atoms with Gasteiger partial charge in [0.1, 0.15) is 6.04 Å². The summed E-state index contributed by atoms with van der Waals surface area (Å²) in [6.07, 6.45) is 2.98. The molecule has 5 heteroatoms. The van der Waals surface area contributed by atoms with Crippen molar-refractivity contribution >= 4 is 29.5 Å². The highest BCUT2D eigenvalue weighted by Crippen LogP contribution is 2.19. The largest absolute Gasteiger partial charge is 0.368 e. The van der Waals surface area contributed by atoms with Crippen LogP contribution in [0.3, 0.4) is 0 Å². The lowest BCUT2D eigenvalue weighted by Gasteiger charge is -2.28. The molecule has 0 aliphatic carbocycles. The Morgan fingerprint density at radius 1 is 1.35 bits per heavy atom. The van der Waals surface area contributed by atoms with E-state index in [0.717, 1.165) is 5.56 Å². The third-order valence-corrected chi connectivity index (χ3v) is 2.95. The second-order valence-corrected chi connectivity index (χ2v) is 6.03. The van der Waals surface area contributed by atoms with Crippen molar-refractivity contribution in [3.05, 3.63) is 40.9 Å². The Morgan fingerprint density at radius 2 is 2.00 bits per heavy atom. The number of benzene rings is 1. The molecule has 2 amide bonds. The van der Waals surface area contributed by atoms with Crippen LogP contribution in [0.2, 0.25) is 5.02 Å². The zero-order valence-electron chi connectivity index (χ0n) is 11.8. The summed E-state index contributed by atoms with van der Waals surface area (Å²) >= 11 is 5.85. The summed E-state index contributed by atoms with van der Waals surface area (Å²) in [5.74, 6) is -0.925. The van der Waals surface area contributed by atoms with Crippen LogP contribution in [0.4, 0.5) is 0 Å². The van der Waals surface area contributed by atoms with Crippen LogP contribution in [0.25, 0.3) is 6.08 Å². The molecule has 108 valence electrons. The van der Waals surface area contributed by atoms with Gasteiger partial charge in [-0.15, -0.1) is 0 Å². The van der Waals surface area contributed by atoms with Gasteiger partial charge in [-0.1, -0.05) is 44.5 Å². The molecular weight excluding hydrogens is 276 g/mol. The minimum Gasteiger partial charge on any atom is -0.368 e. The topological polar surface area (TPSA) is 72.2 Å². The first-order valence-corrected chi connectivity index (χ1v) is 6.61. The second kappa shape index (κ2) is 6.57. The highest BCUT2D eigenvalue weighted by Gasteiger charge is 2.30. The summed E-state index contributed by atoms with van der Waals surface area (Å²) in [7, 11) is 0. The summed E-state index contributed by atoms with van der Waals surface area (Å²) in [5.41, 5.74) is 5.67. The van der Waals surface area contributed by atoms with E-state index in [-0.39, 0.29) is 5.91 Å². The molecule has 1 unspecified atom stereocenters. The molecule has 0 saturated carbocycles. The van der Waals surface area contributed by atoms with Gasteiger partial charge < -0.3 is 11.1 Å². The Bertz CT molecular complexity index is 533. The van der Waals surface area contributed by atoms with Crippen molar-refractivity contribution in [3.8, 4) is 0 Å². The van der Waals surface area contributed by atoms with Crippen LogP contribution in [-0.2, 0) is 9.59 Å². The minimum atomic E-state index is -0.723. The Kier molecular flexibility index (Phi) is 5.34. The summed E-state index contributed by atoms with van der Waals surface area (Å²) in [6, 6.07) is 6.38. The number of nitrogens with two attached hydrogens (primary N) is 1. The SMILES string of the molecule is CC(C)(C)C(NC(=O)/C=C/c1cccc(Cl)c1)C(N)=O. The molecule has 1 aromatic rings. The number of rotatable bonds is 4. The van der Waals surface area contributed by atoms with E-state index in [2.05, 4.69) is 5.32 Å². The van der Waals surface area contributed by atoms with Gasteiger partial charge in [-0.25, -0.2) is 0 Å². The molecule has 0 spiro atoms. The number of amides is 2. The molecule has 0 heterocycles. The second-order valence-electron chi connectivity index (χ2n) is 5.60. The van der Waals surface area contributed by atoms with Crippen molar-refractivity contribution in [3.63, 3.8) is 0 Å². The van der Waals surface area contributed by atoms with E-state index in [4.69, 9.17) is 17.3 Å². The number of primary amides is 1. The number of carbonyl (C=O) groups excluding carboxylic acids is 2. The third-order valence-electron chi connectivity index (χ3n) is 2.71. The summed E-state index contributed by atoms with van der Waals surface area (Å²) < 4.78 is 0. The molecule has 0 radical (unpaired) electrons. The van der Waals surface area contributed by atoms with Crippen molar-refractivity contribution in [1.82, 2.24) is 5.32 Å². The number of carbonyl (C=O) groups is 2. The fourth-order valence-corrected chi connectivity index (χ4v) is 1.89.